The average Bonchev–Trinajstić information content (AvgIpc) is 3.22. The zero-order chi connectivity index (χ0) is 23.3. The van der Waals surface area contributed by atoms with Crippen LogP contribution in [0.3, 0.4) is 0 Å². The molecule has 0 aliphatic heterocycles. The van der Waals surface area contributed by atoms with Gasteiger partial charge >= 0.3 is 0 Å². The summed E-state index contributed by atoms with van der Waals surface area (Å²) in [5, 5.41) is 6.14. The van der Waals surface area contributed by atoms with Gasteiger partial charge in [0, 0.05) is 24.3 Å². The van der Waals surface area contributed by atoms with Crippen molar-refractivity contribution in [2.45, 2.75) is 26.3 Å². The number of hydrogen-bond donors (Lipinski definition) is 1. The fourth-order valence-corrected chi connectivity index (χ4v) is 4.72. The number of H-pyrrole nitrogens is 1. The minimum Gasteiger partial charge on any atom is -0.344 e. The fraction of sp³-hybridized carbons (Fsp3) is 0.318. The Morgan fingerprint density at radius 1 is 1.12 bits per heavy atom. The van der Waals surface area contributed by atoms with E-state index in [1.54, 1.807) is 12.1 Å². The second-order valence-electron chi connectivity index (χ2n) is 8.29. The van der Waals surface area contributed by atoms with Gasteiger partial charge in [0.1, 0.15) is 11.1 Å². The van der Waals surface area contributed by atoms with Gasteiger partial charge in [0.2, 0.25) is 0 Å². The Morgan fingerprint density at radius 3 is 2.38 bits per heavy atom. The molecule has 168 valence electrons. The van der Waals surface area contributed by atoms with Crippen molar-refractivity contribution in [3.05, 3.63) is 61.1 Å². The smallest absolute Gasteiger partial charge is 0.262 e. The largest absolute Gasteiger partial charge is 0.344 e. The summed E-state index contributed by atoms with van der Waals surface area (Å²) in [5.41, 5.74) is 3.03. The Morgan fingerprint density at radius 2 is 1.78 bits per heavy atom. The summed E-state index contributed by atoms with van der Waals surface area (Å²) in [6, 6.07) is 7.13. The first-order valence-electron chi connectivity index (χ1n) is 10.1. The van der Waals surface area contributed by atoms with Crippen LogP contribution < -0.4 is 5.56 Å². The number of nitrogens with one attached hydrogen (secondary N) is 1. The Bertz CT molecular complexity index is 1360. The number of aromatic nitrogens is 5. The summed E-state index contributed by atoms with van der Waals surface area (Å²) < 4.78 is 3.55. The molecule has 3 aromatic heterocycles. The van der Waals surface area contributed by atoms with Crippen molar-refractivity contribution in [3.8, 4) is 17.2 Å². The molecule has 0 aliphatic rings. The third-order valence-electron chi connectivity index (χ3n) is 5.25. The number of rotatable bonds is 5. The van der Waals surface area contributed by atoms with Gasteiger partial charge in [-0.05, 0) is 44.3 Å². The number of halogens is 3. The van der Waals surface area contributed by atoms with E-state index < -0.39 is 0 Å². The van der Waals surface area contributed by atoms with Gasteiger partial charge in [0.15, 0.2) is 11.5 Å². The Labute approximate surface area is 200 Å². The Balaban J connectivity index is 2.01. The molecule has 1 aromatic carbocycles. The average molecular weight is 494 g/mol. The van der Waals surface area contributed by atoms with Crippen molar-refractivity contribution in [3.63, 3.8) is 0 Å². The van der Waals surface area contributed by atoms with E-state index in [1.807, 2.05) is 51.7 Å². The first kappa shape index (κ1) is 22.9. The van der Waals surface area contributed by atoms with E-state index in [1.165, 1.54) is 4.68 Å². The second-order valence-corrected chi connectivity index (χ2v) is 9.54. The topological polar surface area (TPSA) is 71.7 Å². The maximum absolute atomic E-state index is 13.2. The van der Waals surface area contributed by atoms with E-state index in [-0.39, 0.29) is 11.5 Å². The third-order valence-corrected chi connectivity index (χ3v) is 6.05. The van der Waals surface area contributed by atoms with Crippen LogP contribution in [0.2, 0.25) is 15.1 Å². The maximum Gasteiger partial charge on any atom is 0.262 e. The fourth-order valence-electron chi connectivity index (χ4n) is 3.74. The van der Waals surface area contributed by atoms with Crippen LogP contribution in [-0.4, -0.2) is 43.3 Å². The van der Waals surface area contributed by atoms with Crippen LogP contribution in [0, 0.1) is 0 Å². The van der Waals surface area contributed by atoms with Crippen molar-refractivity contribution in [1.29, 1.82) is 0 Å². The van der Waals surface area contributed by atoms with E-state index in [0.29, 0.717) is 43.3 Å². The van der Waals surface area contributed by atoms with E-state index in [9.17, 15) is 4.79 Å². The molecule has 0 aliphatic carbocycles. The minimum atomic E-state index is -0.267. The summed E-state index contributed by atoms with van der Waals surface area (Å²) in [5.74, 6) is 0.423. The van der Waals surface area contributed by atoms with Crippen LogP contribution in [0.4, 0.5) is 0 Å². The van der Waals surface area contributed by atoms with Crippen LogP contribution in [0.5, 0.6) is 0 Å². The van der Waals surface area contributed by atoms with Gasteiger partial charge in [-0.3, -0.25) is 4.79 Å². The van der Waals surface area contributed by atoms with Crippen molar-refractivity contribution in [2.75, 3.05) is 14.1 Å². The highest BCUT2D eigenvalue weighted by Crippen LogP contribution is 2.35. The van der Waals surface area contributed by atoms with Gasteiger partial charge in [-0.2, -0.15) is 5.10 Å². The van der Waals surface area contributed by atoms with Gasteiger partial charge in [-0.15, -0.1) is 0 Å². The van der Waals surface area contributed by atoms with E-state index in [4.69, 9.17) is 39.8 Å². The predicted octanol–water partition coefficient (Wildman–Crippen LogP) is 5.26. The molecule has 10 heteroatoms. The molecule has 4 aromatic rings. The van der Waals surface area contributed by atoms with E-state index in [0.717, 1.165) is 17.9 Å². The molecule has 0 spiro atoms. The molecule has 0 bridgehead atoms. The minimum absolute atomic E-state index is 0.0147. The van der Waals surface area contributed by atoms with Crippen molar-refractivity contribution >= 4 is 45.8 Å². The molecule has 3 heterocycles. The van der Waals surface area contributed by atoms with E-state index >= 15 is 0 Å². The molecule has 0 amide bonds. The highest BCUT2D eigenvalue weighted by atomic mass is 35.5. The predicted molar refractivity (Wildman–Crippen MR) is 130 cm³/mol. The summed E-state index contributed by atoms with van der Waals surface area (Å²) in [6.45, 7) is 4.69. The van der Waals surface area contributed by atoms with Gasteiger partial charge in [-0.1, -0.05) is 48.7 Å². The van der Waals surface area contributed by atoms with Gasteiger partial charge in [0.05, 0.1) is 21.4 Å². The number of nitrogens with zero attached hydrogens (tertiary/aromatic N) is 5. The lowest BCUT2D eigenvalue weighted by atomic mass is 10.1. The number of fused-ring (bicyclic) bond motifs is 1. The van der Waals surface area contributed by atoms with Gasteiger partial charge in [0.25, 0.3) is 5.56 Å². The zero-order valence-corrected chi connectivity index (χ0v) is 20.6. The highest BCUT2D eigenvalue weighted by Gasteiger charge is 2.23. The molecule has 0 unspecified atom stereocenters. The van der Waals surface area contributed by atoms with Gasteiger partial charge in [-0.25, -0.2) is 9.67 Å². The molecule has 0 radical (unpaired) electrons. The van der Waals surface area contributed by atoms with E-state index in [2.05, 4.69) is 15.0 Å². The van der Waals surface area contributed by atoms with Gasteiger partial charge < -0.3 is 14.5 Å². The van der Waals surface area contributed by atoms with Crippen LogP contribution in [0.25, 0.3) is 28.2 Å². The molecule has 7 nitrogen and oxygen atoms in total. The number of benzene rings is 1. The maximum atomic E-state index is 13.2. The molecule has 0 fully saturated rings. The second kappa shape index (κ2) is 8.56. The summed E-state index contributed by atoms with van der Waals surface area (Å²) >= 11 is 19.1. The lowest BCUT2D eigenvalue weighted by molar-refractivity contribution is 0.391. The number of aromatic amines is 1. The van der Waals surface area contributed by atoms with Crippen LogP contribution in [0.1, 0.15) is 31.2 Å². The first-order valence-corrected chi connectivity index (χ1v) is 11.2. The third kappa shape index (κ3) is 3.94. The van der Waals surface area contributed by atoms with Crippen LogP contribution in [0.15, 0.2) is 29.1 Å². The van der Waals surface area contributed by atoms with Crippen LogP contribution in [-0.2, 0) is 13.6 Å². The molecule has 0 saturated heterocycles. The monoisotopic (exact) mass is 492 g/mol. The zero-order valence-electron chi connectivity index (χ0n) is 18.4. The lowest BCUT2D eigenvalue weighted by Crippen LogP contribution is -2.15. The molecule has 4 rings (SSSR count). The van der Waals surface area contributed by atoms with Crippen molar-refractivity contribution in [1.82, 2.24) is 29.2 Å². The van der Waals surface area contributed by atoms with Crippen LogP contribution >= 0.6 is 34.8 Å². The highest BCUT2D eigenvalue weighted by molar-refractivity contribution is 6.40. The number of hydrogen-bond acceptors (Lipinski definition) is 4. The standard InChI is InChI=1S/C22H23Cl3N6O/c1-11(2)18-17-21(31(28-18)19-14(24)8-12(23)9-15(19)25)26-20(27-22(17)32)16-7-6-13(30(16)5)10-29(3)4/h6-9,11H,10H2,1-5H3,(H,26,27,32). The molecule has 0 saturated carbocycles. The quantitative estimate of drug-likeness (QED) is 0.412. The lowest BCUT2D eigenvalue weighted by Gasteiger charge is -2.12. The summed E-state index contributed by atoms with van der Waals surface area (Å²) in [6.07, 6.45) is 0. The first-order chi connectivity index (χ1) is 15.1. The van der Waals surface area contributed by atoms with Crippen molar-refractivity contribution < 1.29 is 0 Å². The summed E-state index contributed by atoms with van der Waals surface area (Å²) in [7, 11) is 5.96. The normalized spacial score (nSPS) is 11.9. The molecule has 0 atom stereocenters. The molecule has 32 heavy (non-hydrogen) atoms. The van der Waals surface area contributed by atoms with Crippen molar-refractivity contribution in [2.24, 2.45) is 7.05 Å². The molecular weight excluding hydrogens is 471 g/mol. The Kier molecular flexibility index (Phi) is 6.11. The summed E-state index contributed by atoms with van der Waals surface area (Å²) in [4.78, 5) is 23.0. The molecular formula is C22H23Cl3N6O. The molecule has 1 N–H and O–H groups in total. The Hall–Kier alpha value is -2.32. The SMILES string of the molecule is CC(C)c1nn(-c2c(Cl)cc(Cl)cc2Cl)c2nc(-c3ccc(CN(C)C)n3C)[nH]c(=O)c12.